The Kier molecular flexibility index (Phi) is 1.74. The number of nitrogens with two attached hydrogens (primary N) is 1. The van der Waals surface area contributed by atoms with E-state index < -0.39 is 5.60 Å². The van der Waals surface area contributed by atoms with Gasteiger partial charge in [-0.25, -0.2) is 0 Å². The summed E-state index contributed by atoms with van der Waals surface area (Å²) < 4.78 is 0. The van der Waals surface area contributed by atoms with Crippen LogP contribution >= 0.6 is 0 Å². The van der Waals surface area contributed by atoms with E-state index in [2.05, 4.69) is 24.3 Å². The predicted molar refractivity (Wildman–Crippen MR) is 66.9 cm³/mol. The molecular weight excluding hydrogens is 210 g/mol. The van der Waals surface area contributed by atoms with Gasteiger partial charge in [0.05, 0.1) is 5.60 Å². The minimum atomic E-state index is -0.500. The molecule has 4 bridgehead atoms. The number of rotatable bonds is 0. The van der Waals surface area contributed by atoms with E-state index in [-0.39, 0.29) is 5.54 Å². The molecule has 0 aromatic heterocycles. The maximum atomic E-state index is 10.7. The fourth-order valence-electron chi connectivity index (χ4n) is 4.85. The van der Waals surface area contributed by atoms with Crippen molar-refractivity contribution in [1.29, 1.82) is 0 Å². The molecule has 2 atom stereocenters. The van der Waals surface area contributed by atoms with Crippen molar-refractivity contribution in [3.05, 3.63) is 35.4 Å². The van der Waals surface area contributed by atoms with Crippen LogP contribution in [0, 0.1) is 0 Å². The van der Waals surface area contributed by atoms with Crippen LogP contribution < -0.4 is 5.73 Å². The minimum absolute atomic E-state index is 0.125. The fraction of sp³-hybridized carbons (Fsp3) is 0.600. The van der Waals surface area contributed by atoms with Gasteiger partial charge in [0.25, 0.3) is 0 Å². The Hall–Kier alpha value is -0.860. The van der Waals surface area contributed by atoms with Gasteiger partial charge < -0.3 is 10.8 Å². The van der Waals surface area contributed by atoms with Gasteiger partial charge in [-0.15, -0.1) is 0 Å². The van der Waals surface area contributed by atoms with Crippen molar-refractivity contribution >= 4 is 0 Å². The minimum Gasteiger partial charge on any atom is -0.390 e. The third-order valence-electron chi connectivity index (χ3n) is 5.12. The van der Waals surface area contributed by atoms with Crippen LogP contribution in [-0.2, 0) is 0 Å². The first kappa shape index (κ1) is 10.1. The Labute approximate surface area is 102 Å². The van der Waals surface area contributed by atoms with Crippen LogP contribution in [0.3, 0.4) is 0 Å². The topological polar surface area (TPSA) is 46.2 Å². The van der Waals surface area contributed by atoms with Gasteiger partial charge >= 0.3 is 0 Å². The molecule has 90 valence electrons. The van der Waals surface area contributed by atoms with E-state index in [1.54, 1.807) is 0 Å². The summed E-state index contributed by atoms with van der Waals surface area (Å²) in [5.74, 6) is 0.949. The lowest BCUT2D eigenvalue weighted by molar-refractivity contribution is -0.0659. The second-order valence-corrected chi connectivity index (χ2v) is 6.60. The zero-order valence-electron chi connectivity index (χ0n) is 10.0. The average molecular weight is 229 g/mol. The van der Waals surface area contributed by atoms with Gasteiger partial charge in [-0.1, -0.05) is 24.3 Å². The molecule has 0 heterocycles. The van der Waals surface area contributed by atoms with Crippen molar-refractivity contribution in [2.75, 3.05) is 0 Å². The lowest BCUT2D eigenvalue weighted by atomic mass is 9.60. The van der Waals surface area contributed by atoms with E-state index in [4.69, 9.17) is 5.73 Å². The van der Waals surface area contributed by atoms with E-state index in [0.29, 0.717) is 11.8 Å². The number of benzene rings is 1. The summed E-state index contributed by atoms with van der Waals surface area (Å²) in [4.78, 5) is 0. The molecule has 1 aromatic rings. The van der Waals surface area contributed by atoms with E-state index in [1.807, 2.05) is 0 Å². The molecule has 0 amide bonds. The molecule has 2 unspecified atom stereocenters. The van der Waals surface area contributed by atoms with Gasteiger partial charge in [0, 0.05) is 5.54 Å². The zero-order valence-corrected chi connectivity index (χ0v) is 10.0. The quantitative estimate of drug-likeness (QED) is 0.717. The highest BCUT2D eigenvalue weighted by Crippen LogP contribution is 2.58. The van der Waals surface area contributed by atoms with Crippen molar-refractivity contribution in [1.82, 2.24) is 0 Å². The molecule has 2 heteroatoms. The van der Waals surface area contributed by atoms with E-state index in [9.17, 15) is 5.11 Å². The van der Waals surface area contributed by atoms with Crippen molar-refractivity contribution in [3.8, 4) is 0 Å². The Bertz CT molecular complexity index is 427. The Morgan fingerprint density at radius 1 is 1.00 bits per heavy atom. The summed E-state index contributed by atoms with van der Waals surface area (Å²) in [6.07, 6.45) is 4.76. The van der Waals surface area contributed by atoms with Gasteiger partial charge in [0.15, 0.2) is 0 Å². The Morgan fingerprint density at radius 3 is 2.00 bits per heavy atom. The summed E-state index contributed by atoms with van der Waals surface area (Å²) in [6.45, 7) is 0. The molecule has 0 spiro atoms. The second kappa shape index (κ2) is 2.93. The van der Waals surface area contributed by atoms with Gasteiger partial charge in [-0.05, 0) is 55.1 Å². The van der Waals surface area contributed by atoms with Crippen LogP contribution in [0.4, 0.5) is 0 Å². The molecule has 2 fully saturated rings. The van der Waals surface area contributed by atoms with Crippen molar-refractivity contribution < 1.29 is 5.11 Å². The van der Waals surface area contributed by atoms with Crippen LogP contribution in [0.1, 0.15) is 55.1 Å². The van der Waals surface area contributed by atoms with Crippen LogP contribution in [-0.4, -0.2) is 16.2 Å². The third kappa shape index (κ3) is 1.34. The standard InChI is InChI=1S/C15H19NO/c16-14-5-10-7-15(17,9-14)8-11(6-14)13-4-2-1-3-12(10)13/h1-4,10-11,17H,5-9,16H2. The molecule has 0 aliphatic heterocycles. The van der Waals surface area contributed by atoms with Gasteiger partial charge in [-0.3, -0.25) is 0 Å². The van der Waals surface area contributed by atoms with E-state index >= 15 is 0 Å². The third-order valence-corrected chi connectivity index (χ3v) is 5.12. The number of hydrogen-bond donors (Lipinski definition) is 2. The summed E-state index contributed by atoms with van der Waals surface area (Å²) in [7, 11) is 0. The van der Waals surface area contributed by atoms with Gasteiger partial charge in [-0.2, -0.15) is 0 Å². The lowest BCUT2D eigenvalue weighted by Gasteiger charge is -2.50. The predicted octanol–water partition coefficient (Wildman–Crippen LogP) is 2.27. The molecule has 0 radical (unpaired) electrons. The smallest absolute Gasteiger partial charge is 0.0677 e. The molecule has 4 aliphatic rings. The maximum Gasteiger partial charge on any atom is 0.0677 e. The van der Waals surface area contributed by atoms with Gasteiger partial charge in [0.1, 0.15) is 0 Å². The maximum absolute atomic E-state index is 10.7. The lowest BCUT2D eigenvalue weighted by Crippen LogP contribution is -2.56. The second-order valence-electron chi connectivity index (χ2n) is 6.60. The van der Waals surface area contributed by atoms with Crippen LogP contribution in [0.25, 0.3) is 0 Å². The molecular formula is C15H19NO. The average Bonchev–Trinajstić information content (AvgIpc) is 2.38. The van der Waals surface area contributed by atoms with Crippen LogP contribution in [0.2, 0.25) is 0 Å². The highest BCUT2D eigenvalue weighted by atomic mass is 16.3. The number of aliphatic hydroxyl groups is 1. The highest BCUT2D eigenvalue weighted by Gasteiger charge is 2.54. The number of hydrogen-bond acceptors (Lipinski definition) is 2. The first-order valence-electron chi connectivity index (χ1n) is 6.67. The summed E-state index contributed by atoms with van der Waals surface area (Å²) in [5.41, 5.74) is 8.82. The highest BCUT2D eigenvalue weighted by molar-refractivity contribution is 5.40. The fourth-order valence-corrected chi connectivity index (χ4v) is 4.85. The molecule has 3 N–H and O–H groups in total. The van der Waals surface area contributed by atoms with Gasteiger partial charge in [0.2, 0.25) is 0 Å². The monoisotopic (exact) mass is 229 g/mol. The molecule has 1 aromatic carbocycles. The first-order chi connectivity index (χ1) is 8.07. The molecule has 0 saturated heterocycles. The van der Waals surface area contributed by atoms with E-state index in [0.717, 1.165) is 32.1 Å². The Balaban J connectivity index is 1.93. The van der Waals surface area contributed by atoms with Crippen LogP contribution in [0.15, 0.2) is 24.3 Å². The summed E-state index contributed by atoms with van der Waals surface area (Å²) in [5, 5.41) is 10.7. The normalized spacial score (nSPS) is 46.7. The largest absolute Gasteiger partial charge is 0.390 e. The molecule has 17 heavy (non-hydrogen) atoms. The Morgan fingerprint density at radius 2 is 1.53 bits per heavy atom. The molecule has 5 rings (SSSR count). The summed E-state index contributed by atoms with van der Waals surface area (Å²) >= 11 is 0. The zero-order chi connectivity index (χ0) is 11.7. The first-order valence-corrected chi connectivity index (χ1v) is 6.67. The molecule has 2 nitrogen and oxygen atoms in total. The van der Waals surface area contributed by atoms with Crippen molar-refractivity contribution in [3.63, 3.8) is 0 Å². The van der Waals surface area contributed by atoms with E-state index in [1.165, 1.54) is 11.1 Å². The van der Waals surface area contributed by atoms with Crippen molar-refractivity contribution in [2.24, 2.45) is 5.73 Å². The van der Waals surface area contributed by atoms with Crippen LogP contribution in [0.5, 0.6) is 0 Å². The molecule has 2 saturated carbocycles. The van der Waals surface area contributed by atoms with Crippen molar-refractivity contribution in [2.45, 2.75) is 55.1 Å². The summed E-state index contributed by atoms with van der Waals surface area (Å²) in [6, 6.07) is 8.74. The SMILES string of the molecule is NC12CC3CC(O)(CC(C1)c1ccccc13)C2. The molecule has 4 aliphatic carbocycles.